The van der Waals surface area contributed by atoms with Gasteiger partial charge in [-0.15, -0.1) is 0 Å². The third-order valence-corrected chi connectivity index (χ3v) is 4.00. The molecule has 0 spiro atoms. The van der Waals surface area contributed by atoms with Gasteiger partial charge in [0.1, 0.15) is 0 Å². The molecule has 2 rings (SSSR count). The van der Waals surface area contributed by atoms with E-state index in [1.807, 2.05) is 0 Å². The fourth-order valence-corrected chi connectivity index (χ4v) is 2.97. The lowest BCUT2D eigenvalue weighted by molar-refractivity contribution is 0.580. The SMILES string of the molecule is NCc1ccccc1S(=O)(=O)NC1CC1. The second kappa shape index (κ2) is 3.92. The van der Waals surface area contributed by atoms with E-state index < -0.39 is 10.0 Å². The number of rotatable bonds is 4. The minimum absolute atomic E-state index is 0.126. The summed E-state index contributed by atoms with van der Waals surface area (Å²) in [6, 6.07) is 6.95. The standard InChI is InChI=1S/C10H14N2O2S/c11-7-8-3-1-2-4-10(8)15(13,14)12-9-5-6-9/h1-4,9,12H,5-7,11H2. The third-order valence-electron chi connectivity index (χ3n) is 2.38. The first-order chi connectivity index (χ1) is 7.13. The Kier molecular flexibility index (Phi) is 2.77. The second-order valence-electron chi connectivity index (χ2n) is 3.71. The summed E-state index contributed by atoms with van der Waals surface area (Å²) in [4.78, 5) is 0.305. The molecule has 82 valence electrons. The minimum Gasteiger partial charge on any atom is -0.326 e. The molecule has 0 amide bonds. The topological polar surface area (TPSA) is 72.2 Å². The fourth-order valence-electron chi connectivity index (χ4n) is 1.42. The van der Waals surface area contributed by atoms with E-state index in [-0.39, 0.29) is 12.6 Å². The van der Waals surface area contributed by atoms with E-state index in [1.54, 1.807) is 24.3 Å². The number of hydrogen-bond acceptors (Lipinski definition) is 3. The molecule has 1 fully saturated rings. The Hall–Kier alpha value is -0.910. The van der Waals surface area contributed by atoms with Gasteiger partial charge in [0.15, 0.2) is 0 Å². The lowest BCUT2D eigenvalue weighted by atomic mass is 10.2. The van der Waals surface area contributed by atoms with E-state index in [9.17, 15) is 8.42 Å². The van der Waals surface area contributed by atoms with Gasteiger partial charge in [-0.3, -0.25) is 0 Å². The Morgan fingerprint density at radius 2 is 2.00 bits per heavy atom. The van der Waals surface area contributed by atoms with E-state index >= 15 is 0 Å². The van der Waals surface area contributed by atoms with Gasteiger partial charge in [0, 0.05) is 12.6 Å². The van der Waals surface area contributed by atoms with E-state index in [1.165, 1.54) is 0 Å². The van der Waals surface area contributed by atoms with Crippen LogP contribution in [0.15, 0.2) is 29.2 Å². The van der Waals surface area contributed by atoms with Crippen molar-refractivity contribution in [3.63, 3.8) is 0 Å². The van der Waals surface area contributed by atoms with Crippen LogP contribution in [-0.4, -0.2) is 14.5 Å². The maximum atomic E-state index is 11.9. The summed E-state index contributed by atoms with van der Waals surface area (Å²) in [6.07, 6.45) is 1.87. The van der Waals surface area contributed by atoms with Crippen LogP contribution in [0.5, 0.6) is 0 Å². The van der Waals surface area contributed by atoms with Crippen LogP contribution >= 0.6 is 0 Å². The molecule has 0 unspecified atom stereocenters. The van der Waals surface area contributed by atoms with E-state index in [0.717, 1.165) is 12.8 Å². The van der Waals surface area contributed by atoms with Gasteiger partial charge in [0.2, 0.25) is 10.0 Å². The maximum Gasteiger partial charge on any atom is 0.241 e. The van der Waals surface area contributed by atoms with Crippen molar-refractivity contribution < 1.29 is 8.42 Å². The molecule has 1 aromatic carbocycles. The summed E-state index contributed by atoms with van der Waals surface area (Å²) in [7, 11) is -3.37. The molecule has 3 N–H and O–H groups in total. The average Bonchev–Trinajstić information content (AvgIpc) is 3.01. The summed E-state index contributed by atoms with van der Waals surface area (Å²) in [6.45, 7) is 0.238. The van der Waals surface area contributed by atoms with Gasteiger partial charge in [-0.25, -0.2) is 13.1 Å². The second-order valence-corrected chi connectivity index (χ2v) is 5.39. The Balaban J connectivity index is 2.34. The molecular formula is C10H14N2O2S. The molecule has 0 aromatic heterocycles. The van der Waals surface area contributed by atoms with Gasteiger partial charge >= 0.3 is 0 Å². The van der Waals surface area contributed by atoms with Crippen molar-refractivity contribution in [2.24, 2.45) is 5.73 Å². The van der Waals surface area contributed by atoms with Gasteiger partial charge in [0.25, 0.3) is 0 Å². The van der Waals surface area contributed by atoms with E-state index in [0.29, 0.717) is 10.5 Å². The average molecular weight is 226 g/mol. The number of nitrogens with one attached hydrogen (secondary N) is 1. The van der Waals surface area contributed by atoms with Crippen molar-refractivity contribution >= 4 is 10.0 Å². The Labute approximate surface area is 89.5 Å². The first kappa shape index (κ1) is 10.6. The van der Waals surface area contributed by atoms with Crippen molar-refractivity contribution in [2.45, 2.75) is 30.3 Å². The summed E-state index contributed by atoms with van der Waals surface area (Å²) in [5, 5.41) is 0. The highest BCUT2D eigenvalue weighted by atomic mass is 32.2. The van der Waals surface area contributed by atoms with Crippen molar-refractivity contribution in [2.75, 3.05) is 0 Å². The highest BCUT2D eigenvalue weighted by molar-refractivity contribution is 7.89. The van der Waals surface area contributed by atoms with Crippen molar-refractivity contribution in [1.29, 1.82) is 0 Å². The van der Waals surface area contributed by atoms with Crippen molar-refractivity contribution in [3.8, 4) is 0 Å². The Morgan fingerprint density at radius 1 is 1.33 bits per heavy atom. The van der Waals surface area contributed by atoms with Crippen LogP contribution < -0.4 is 10.5 Å². The van der Waals surface area contributed by atoms with E-state index in [4.69, 9.17) is 5.73 Å². The molecule has 4 nitrogen and oxygen atoms in total. The lowest BCUT2D eigenvalue weighted by Gasteiger charge is -2.09. The van der Waals surface area contributed by atoms with Crippen LogP contribution in [0.25, 0.3) is 0 Å². The highest BCUT2D eigenvalue weighted by Crippen LogP contribution is 2.23. The van der Waals surface area contributed by atoms with Gasteiger partial charge < -0.3 is 5.73 Å². The molecule has 0 heterocycles. The molecule has 1 aromatic rings. The number of sulfonamides is 1. The zero-order valence-electron chi connectivity index (χ0n) is 8.31. The predicted octanol–water partition coefficient (Wildman–Crippen LogP) is 0.586. The normalized spacial score (nSPS) is 16.6. The monoisotopic (exact) mass is 226 g/mol. The molecule has 0 aliphatic heterocycles. The fraction of sp³-hybridized carbons (Fsp3) is 0.400. The molecule has 5 heteroatoms. The Morgan fingerprint density at radius 3 is 2.60 bits per heavy atom. The summed E-state index contributed by atoms with van der Waals surface area (Å²) < 4.78 is 26.4. The third kappa shape index (κ3) is 2.37. The zero-order chi connectivity index (χ0) is 10.9. The van der Waals surface area contributed by atoms with Crippen LogP contribution in [0.3, 0.4) is 0 Å². The van der Waals surface area contributed by atoms with Gasteiger partial charge in [-0.1, -0.05) is 18.2 Å². The molecule has 1 aliphatic carbocycles. The van der Waals surface area contributed by atoms with Crippen molar-refractivity contribution in [3.05, 3.63) is 29.8 Å². The van der Waals surface area contributed by atoms with Gasteiger partial charge in [-0.05, 0) is 24.5 Å². The van der Waals surface area contributed by atoms with Crippen LogP contribution in [-0.2, 0) is 16.6 Å². The van der Waals surface area contributed by atoms with Crippen LogP contribution in [0, 0.1) is 0 Å². The quantitative estimate of drug-likeness (QED) is 0.789. The highest BCUT2D eigenvalue weighted by Gasteiger charge is 2.28. The Bertz CT molecular complexity index is 452. The molecule has 0 radical (unpaired) electrons. The first-order valence-corrected chi connectivity index (χ1v) is 6.42. The molecular weight excluding hydrogens is 212 g/mol. The summed E-state index contributed by atoms with van der Waals surface area (Å²) in [5.74, 6) is 0. The molecule has 1 aliphatic rings. The summed E-state index contributed by atoms with van der Waals surface area (Å²) >= 11 is 0. The number of hydrogen-bond donors (Lipinski definition) is 2. The zero-order valence-corrected chi connectivity index (χ0v) is 9.13. The molecule has 0 bridgehead atoms. The maximum absolute atomic E-state index is 11.9. The van der Waals surface area contributed by atoms with Crippen molar-refractivity contribution in [1.82, 2.24) is 4.72 Å². The van der Waals surface area contributed by atoms with Gasteiger partial charge in [0.05, 0.1) is 4.90 Å². The molecule has 0 saturated heterocycles. The molecule has 0 atom stereocenters. The number of benzene rings is 1. The first-order valence-electron chi connectivity index (χ1n) is 4.94. The summed E-state index contributed by atoms with van der Waals surface area (Å²) in [5.41, 5.74) is 6.16. The largest absolute Gasteiger partial charge is 0.326 e. The van der Waals surface area contributed by atoms with E-state index in [2.05, 4.69) is 4.72 Å². The van der Waals surface area contributed by atoms with Crippen LogP contribution in [0.1, 0.15) is 18.4 Å². The smallest absolute Gasteiger partial charge is 0.241 e. The lowest BCUT2D eigenvalue weighted by Crippen LogP contribution is -2.27. The minimum atomic E-state index is -3.37. The molecule has 1 saturated carbocycles. The van der Waals surface area contributed by atoms with Crippen LogP contribution in [0.2, 0.25) is 0 Å². The molecule has 15 heavy (non-hydrogen) atoms. The van der Waals surface area contributed by atoms with Crippen LogP contribution in [0.4, 0.5) is 0 Å². The van der Waals surface area contributed by atoms with Gasteiger partial charge in [-0.2, -0.15) is 0 Å². The predicted molar refractivity (Wildman–Crippen MR) is 57.7 cm³/mol. The number of nitrogens with two attached hydrogens (primary N) is 1.